The van der Waals surface area contributed by atoms with Gasteiger partial charge < -0.3 is 16.4 Å². The quantitative estimate of drug-likeness (QED) is 0.764. The SMILES string of the molecule is CCN(CC(N)=O)c1ccc(CN)cc1C#N. The fourth-order valence-electron chi connectivity index (χ4n) is 1.63. The molecule has 0 aliphatic carbocycles. The molecule has 5 heteroatoms. The molecule has 0 bridgehead atoms. The summed E-state index contributed by atoms with van der Waals surface area (Å²) in [6.07, 6.45) is 0. The number of rotatable bonds is 5. The van der Waals surface area contributed by atoms with Gasteiger partial charge in [0.15, 0.2) is 0 Å². The van der Waals surface area contributed by atoms with Gasteiger partial charge in [0.05, 0.1) is 17.8 Å². The lowest BCUT2D eigenvalue weighted by molar-refractivity contribution is -0.116. The summed E-state index contributed by atoms with van der Waals surface area (Å²) in [5.74, 6) is -0.418. The highest BCUT2D eigenvalue weighted by atomic mass is 16.1. The number of primary amides is 1. The summed E-state index contributed by atoms with van der Waals surface area (Å²) in [6.45, 7) is 3.00. The van der Waals surface area contributed by atoms with Crippen molar-refractivity contribution in [1.29, 1.82) is 5.26 Å². The number of nitrogens with two attached hydrogens (primary N) is 2. The number of likely N-dealkylation sites (N-methyl/N-ethyl adjacent to an activating group) is 1. The molecule has 0 aliphatic rings. The highest BCUT2D eigenvalue weighted by Gasteiger charge is 2.12. The predicted octanol–water partition coefficient (Wildman–Crippen LogP) is 0.329. The van der Waals surface area contributed by atoms with E-state index >= 15 is 0 Å². The minimum absolute atomic E-state index is 0.104. The molecule has 4 N–H and O–H groups in total. The van der Waals surface area contributed by atoms with Gasteiger partial charge in [-0.05, 0) is 24.6 Å². The number of nitrogens with zero attached hydrogens (tertiary/aromatic N) is 2. The Morgan fingerprint density at radius 3 is 2.71 bits per heavy atom. The summed E-state index contributed by atoms with van der Waals surface area (Å²) >= 11 is 0. The van der Waals surface area contributed by atoms with E-state index < -0.39 is 5.91 Å². The molecule has 1 amide bonds. The van der Waals surface area contributed by atoms with Crippen LogP contribution in [0.5, 0.6) is 0 Å². The summed E-state index contributed by atoms with van der Waals surface area (Å²) in [6, 6.07) is 7.49. The number of hydrogen-bond donors (Lipinski definition) is 2. The van der Waals surface area contributed by atoms with Crippen LogP contribution in [0, 0.1) is 11.3 Å². The smallest absolute Gasteiger partial charge is 0.236 e. The first-order valence-electron chi connectivity index (χ1n) is 5.38. The molecule has 0 saturated carbocycles. The summed E-state index contributed by atoms with van der Waals surface area (Å²) in [7, 11) is 0. The van der Waals surface area contributed by atoms with Crippen molar-refractivity contribution >= 4 is 11.6 Å². The van der Waals surface area contributed by atoms with E-state index in [9.17, 15) is 4.79 Å². The topological polar surface area (TPSA) is 96.1 Å². The van der Waals surface area contributed by atoms with E-state index in [1.165, 1.54) is 0 Å². The van der Waals surface area contributed by atoms with Gasteiger partial charge in [-0.3, -0.25) is 4.79 Å². The van der Waals surface area contributed by atoms with E-state index in [0.29, 0.717) is 24.3 Å². The molecule has 0 unspecified atom stereocenters. The molecule has 0 atom stereocenters. The molecule has 1 aromatic carbocycles. The highest BCUT2D eigenvalue weighted by molar-refractivity contribution is 5.80. The predicted molar refractivity (Wildman–Crippen MR) is 66.1 cm³/mol. The number of nitriles is 1. The molecular weight excluding hydrogens is 216 g/mol. The Bertz CT molecular complexity index is 450. The van der Waals surface area contributed by atoms with Crippen molar-refractivity contribution < 1.29 is 4.79 Å². The van der Waals surface area contributed by atoms with Crippen molar-refractivity contribution in [2.45, 2.75) is 13.5 Å². The lowest BCUT2D eigenvalue weighted by Crippen LogP contribution is -2.34. The zero-order valence-electron chi connectivity index (χ0n) is 9.81. The highest BCUT2D eigenvalue weighted by Crippen LogP contribution is 2.21. The summed E-state index contributed by atoms with van der Waals surface area (Å²) in [5.41, 5.74) is 12.8. The normalized spacial score (nSPS) is 9.71. The molecule has 5 nitrogen and oxygen atoms in total. The Morgan fingerprint density at radius 1 is 1.53 bits per heavy atom. The van der Waals surface area contributed by atoms with Gasteiger partial charge in [-0.25, -0.2) is 0 Å². The van der Waals surface area contributed by atoms with Crippen molar-refractivity contribution in [1.82, 2.24) is 0 Å². The fourth-order valence-corrected chi connectivity index (χ4v) is 1.63. The van der Waals surface area contributed by atoms with Crippen molar-refractivity contribution in [3.63, 3.8) is 0 Å². The fraction of sp³-hybridized carbons (Fsp3) is 0.333. The standard InChI is InChI=1S/C12H16N4O/c1-2-16(8-12(15)17)11-4-3-9(6-13)5-10(11)7-14/h3-5H,2,6,8,13H2,1H3,(H2,15,17). The number of hydrogen-bond acceptors (Lipinski definition) is 4. The second-order valence-corrected chi connectivity index (χ2v) is 3.65. The summed E-state index contributed by atoms with van der Waals surface area (Å²) < 4.78 is 0. The summed E-state index contributed by atoms with van der Waals surface area (Å²) in [5, 5.41) is 9.08. The molecular formula is C12H16N4O. The third-order valence-electron chi connectivity index (χ3n) is 2.49. The van der Waals surface area contributed by atoms with E-state index in [4.69, 9.17) is 16.7 Å². The van der Waals surface area contributed by atoms with Gasteiger partial charge in [-0.2, -0.15) is 5.26 Å². The minimum atomic E-state index is -0.418. The lowest BCUT2D eigenvalue weighted by atomic mass is 10.1. The Labute approximate surface area is 101 Å². The van der Waals surface area contributed by atoms with Crippen LogP contribution in [0.15, 0.2) is 18.2 Å². The second kappa shape index (κ2) is 5.87. The van der Waals surface area contributed by atoms with Crippen LogP contribution in [0.2, 0.25) is 0 Å². The molecule has 0 aliphatic heterocycles. The maximum atomic E-state index is 10.9. The molecule has 17 heavy (non-hydrogen) atoms. The van der Waals surface area contributed by atoms with Gasteiger partial charge in [0.2, 0.25) is 5.91 Å². The van der Waals surface area contributed by atoms with Crippen LogP contribution in [-0.4, -0.2) is 19.0 Å². The average Bonchev–Trinajstić information content (AvgIpc) is 2.35. The van der Waals surface area contributed by atoms with Gasteiger partial charge in [0.25, 0.3) is 0 Å². The van der Waals surface area contributed by atoms with Crippen molar-refractivity contribution in [3.05, 3.63) is 29.3 Å². The number of amides is 1. The van der Waals surface area contributed by atoms with Crippen molar-refractivity contribution in [2.75, 3.05) is 18.0 Å². The zero-order valence-corrected chi connectivity index (χ0v) is 9.81. The Hall–Kier alpha value is -2.06. The van der Waals surface area contributed by atoms with Gasteiger partial charge in [-0.1, -0.05) is 6.07 Å². The molecule has 90 valence electrons. The van der Waals surface area contributed by atoms with Crippen LogP contribution in [0.1, 0.15) is 18.1 Å². The molecule has 0 aromatic heterocycles. The largest absolute Gasteiger partial charge is 0.368 e. The lowest BCUT2D eigenvalue weighted by Gasteiger charge is -2.22. The van der Waals surface area contributed by atoms with E-state index in [-0.39, 0.29) is 6.54 Å². The van der Waals surface area contributed by atoms with Crippen LogP contribution < -0.4 is 16.4 Å². The molecule has 0 spiro atoms. The van der Waals surface area contributed by atoms with Crippen molar-refractivity contribution in [2.24, 2.45) is 11.5 Å². The van der Waals surface area contributed by atoms with Gasteiger partial charge in [0, 0.05) is 13.1 Å². The van der Waals surface area contributed by atoms with Gasteiger partial charge in [0.1, 0.15) is 6.07 Å². The third-order valence-corrected chi connectivity index (χ3v) is 2.49. The molecule has 1 aromatic rings. The van der Waals surface area contributed by atoms with E-state index in [0.717, 1.165) is 5.56 Å². The van der Waals surface area contributed by atoms with E-state index in [1.807, 2.05) is 13.0 Å². The van der Waals surface area contributed by atoms with Crippen molar-refractivity contribution in [3.8, 4) is 6.07 Å². The molecule has 0 fully saturated rings. The first kappa shape index (κ1) is 13.0. The van der Waals surface area contributed by atoms with E-state index in [1.54, 1.807) is 17.0 Å². The zero-order chi connectivity index (χ0) is 12.8. The third kappa shape index (κ3) is 3.20. The second-order valence-electron chi connectivity index (χ2n) is 3.65. The van der Waals surface area contributed by atoms with Gasteiger partial charge >= 0.3 is 0 Å². The molecule has 1 rings (SSSR count). The summed E-state index contributed by atoms with van der Waals surface area (Å²) in [4.78, 5) is 12.7. The van der Waals surface area contributed by atoms with Crippen LogP contribution in [0.25, 0.3) is 0 Å². The van der Waals surface area contributed by atoms with E-state index in [2.05, 4.69) is 6.07 Å². The number of anilines is 1. The monoisotopic (exact) mass is 232 g/mol. The Kier molecular flexibility index (Phi) is 4.49. The maximum absolute atomic E-state index is 10.9. The first-order chi connectivity index (χ1) is 8.12. The number of carbonyl (C=O) groups is 1. The van der Waals surface area contributed by atoms with Crippen LogP contribution >= 0.6 is 0 Å². The Morgan fingerprint density at radius 2 is 2.24 bits per heavy atom. The van der Waals surface area contributed by atoms with Gasteiger partial charge in [-0.15, -0.1) is 0 Å². The number of carbonyl (C=O) groups excluding carboxylic acids is 1. The first-order valence-corrected chi connectivity index (χ1v) is 5.38. The van der Waals surface area contributed by atoms with Crippen LogP contribution in [0.3, 0.4) is 0 Å². The molecule has 0 radical (unpaired) electrons. The molecule has 0 saturated heterocycles. The van der Waals surface area contributed by atoms with Crippen LogP contribution in [-0.2, 0) is 11.3 Å². The number of benzene rings is 1. The average molecular weight is 232 g/mol. The van der Waals surface area contributed by atoms with Crippen LogP contribution in [0.4, 0.5) is 5.69 Å². The maximum Gasteiger partial charge on any atom is 0.236 e. The molecule has 0 heterocycles. The minimum Gasteiger partial charge on any atom is -0.368 e. The Balaban J connectivity index is 3.11.